The smallest absolute Gasteiger partial charge is 0.275 e. The third kappa shape index (κ3) is 4.70. The molecule has 0 aliphatic carbocycles. The number of nitrogens with one attached hydrogen (secondary N) is 2. The van der Waals surface area contributed by atoms with Gasteiger partial charge in [0.05, 0.1) is 0 Å². The molecule has 0 bridgehead atoms. The molecule has 2 amide bonds. The summed E-state index contributed by atoms with van der Waals surface area (Å²) in [6.07, 6.45) is 0. The molecule has 9 heteroatoms. The number of hydrogen-bond donors (Lipinski definition) is 3. The van der Waals surface area contributed by atoms with E-state index in [0.29, 0.717) is 5.69 Å². The molecule has 0 saturated heterocycles. The van der Waals surface area contributed by atoms with Crippen molar-refractivity contribution in [1.29, 1.82) is 0 Å². The number of carbonyl (C=O) groups is 2. The maximum Gasteiger partial charge on any atom is 0.275 e. The third-order valence-electron chi connectivity index (χ3n) is 3.98. The first-order chi connectivity index (χ1) is 13.4. The second kappa shape index (κ2) is 8.30. The third-order valence-corrected chi connectivity index (χ3v) is 3.98. The van der Waals surface area contributed by atoms with Crippen LogP contribution in [0.3, 0.4) is 0 Å². The predicted molar refractivity (Wildman–Crippen MR) is 102 cm³/mol. The van der Waals surface area contributed by atoms with Crippen LogP contribution in [0.5, 0.6) is 0 Å². The van der Waals surface area contributed by atoms with E-state index < -0.39 is 5.91 Å². The number of nitrogens with two attached hydrogens (primary N) is 1. The van der Waals surface area contributed by atoms with Gasteiger partial charge in [0, 0.05) is 12.2 Å². The number of halogens is 1. The molecule has 1 aromatic heterocycles. The van der Waals surface area contributed by atoms with Gasteiger partial charge in [0.15, 0.2) is 11.5 Å². The lowest BCUT2D eigenvalue weighted by atomic mass is 10.2. The number of carbonyl (C=O) groups excluding carboxylic acids is 2. The van der Waals surface area contributed by atoms with Gasteiger partial charge in [-0.25, -0.2) is 9.07 Å². The van der Waals surface area contributed by atoms with Gasteiger partial charge in [-0.1, -0.05) is 35.0 Å². The van der Waals surface area contributed by atoms with Crippen molar-refractivity contribution < 1.29 is 14.0 Å². The van der Waals surface area contributed by atoms with Crippen LogP contribution >= 0.6 is 0 Å². The molecule has 4 N–H and O–H groups in total. The molecule has 0 saturated carbocycles. The lowest BCUT2D eigenvalue weighted by Gasteiger charge is -2.07. The van der Waals surface area contributed by atoms with Gasteiger partial charge in [0.1, 0.15) is 12.4 Å². The lowest BCUT2D eigenvalue weighted by Crippen LogP contribution is -2.25. The molecule has 3 rings (SSSR count). The fraction of sp³-hybridized carbons (Fsp3) is 0.158. The van der Waals surface area contributed by atoms with Crippen LogP contribution in [0.1, 0.15) is 21.6 Å². The van der Waals surface area contributed by atoms with Crippen LogP contribution in [0.25, 0.3) is 0 Å². The van der Waals surface area contributed by atoms with Gasteiger partial charge in [0.2, 0.25) is 5.91 Å². The predicted octanol–water partition coefficient (Wildman–Crippen LogP) is 1.88. The number of benzene rings is 2. The average Bonchev–Trinajstić information content (AvgIpc) is 3.03. The van der Waals surface area contributed by atoms with E-state index in [4.69, 9.17) is 5.73 Å². The highest BCUT2D eigenvalue weighted by molar-refractivity contribution is 5.96. The molecular formula is C19H19FN6O2. The van der Waals surface area contributed by atoms with Crippen molar-refractivity contribution in [2.24, 2.45) is 0 Å². The Balaban J connectivity index is 1.59. The van der Waals surface area contributed by atoms with Crippen molar-refractivity contribution in [3.63, 3.8) is 0 Å². The Kier molecular flexibility index (Phi) is 5.64. The van der Waals surface area contributed by atoms with Crippen LogP contribution < -0.4 is 16.4 Å². The number of amides is 2. The minimum Gasteiger partial charge on any atom is -0.382 e. The standard InChI is InChI=1S/C19H19FN6O2/c1-12-2-8-15(9-3-12)23-16(27)11-26-18(21)17(24-25-26)19(28)22-10-13-4-6-14(20)7-5-13/h2-9H,10-11,21H2,1H3,(H,22,28)(H,23,27). The molecule has 0 unspecified atom stereocenters. The number of nitrogens with zero attached hydrogens (tertiary/aromatic N) is 3. The molecule has 0 fully saturated rings. The molecule has 0 atom stereocenters. The van der Waals surface area contributed by atoms with Gasteiger partial charge in [-0.15, -0.1) is 5.10 Å². The molecule has 1 heterocycles. The van der Waals surface area contributed by atoms with Gasteiger partial charge in [-0.3, -0.25) is 9.59 Å². The Morgan fingerprint density at radius 3 is 2.46 bits per heavy atom. The number of rotatable bonds is 6. The largest absolute Gasteiger partial charge is 0.382 e. The van der Waals surface area contributed by atoms with E-state index >= 15 is 0 Å². The molecular weight excluding hydrogens is 363 g/mol. The fourth-order valence-electron chi connectivity index (χ4n) is 2.44. The molecule has 8 nitrogen and oxygen atoms in total. The number of anilines is 2. The maximum atomic E-state index is 12.9. The van der Waals surface area contributed by atoms with Crippen LogP contribution in [-0.2, 0) is 17.9 Å². The van der Waals surface area contributed by atoms with Gasteiger partial charge in [0.25, 0.3) is 5.91 Å². The Morgan fingerprint density at radius 1 is 1.11 bits per heavy atom. The van der Waals surface area contributed by atoms with Crippen molar-refractivity contribution in [3.8, 4) is 0 Å². The molecule has 3 aromatic rings. The van der Waals surface area contributed by atoms with Crippen LogP contribution in [0.2, 0.25) is 0 Å². The first-order valence-electron chi connectivity index (χ1n) is 8.50. The highest BCUT2D eigenvalue weighted by Gasteiger charge is 2.18. The Morgan fingerprint density at radius 2 is 1.79 bits per heavy atom. The molecule has 0 radical (unpaired) electrons. The fourth-order valence-corrected chi connectivity index (χ4v) is 2.44. The van der Waals surface area contributed by atoms with Crippen LogP contribution in [0.15, 0.2) is 48.5 Å². The van der Waals surface area contributed by atoms with Crippen LogP contribution in [0.4, 0.5) is 15.9 Å². The van der Waals surface area contributed by atoms with Gasteiger partial charge >= 0.3 is 0 Å². The zero-order chi connectivity index (χ0) is 20.1. The summed E-state index contributed by atoms with van der Waals surface area (Å²) in [7, 11) is 0. The molecule has 0 aliphatic rings. The molecule has 0 aliphatic heterocycles. The van der Waals surface area contributed by atoms with E-state index in [1.807, 2.05) is 19.1 Å². The average molecular weight is 382 g/mol. The van der Waals surface area contributed by atoms with Gasteiger partial charge < -0.3 is 16.4 Å². The Labute approximate surface area is 160 Å². The summed E-state index contributed by atoms with van der Waals surface area (Å²) in [5.74, 6) is -1.26. The van der Waals surface area contributed by atoms with Crippen molar-refractivity contribution in [1.82, 2.24) is 20.3 Å². The van der Waals surface area contributed by atoms with E-state index in [2.05, 4.69) is 20.9 Å². The monoisotopic (exact) mass is 382 g/mol. The Hall–Kier alpha value is -3.75. The lowest BCUT2D eigenvalue weighted by molar-refractivity contribution is -0.116. The first kappa shape index (κ1) is 19.0. The molecule has 28 heavy (non-hydrogen) atoms. The summed E-state index contributed by atoms with van der Waals surface area (Å²) in [5, 5.41) is 12.9. The highest BCUT2D eigenvalue weighted by Crippen LogP contribution is 2.11. The molecule has 2 aromatic carbocycles. The van der Waals surface area contributed by atoms with Gasteiger partial charge in [-0.2, -0.15) is 0 Å². The van der Waals surface area contributed by atoms with E-state index in [1.54, 1.807) is 24.3 Å². The Bertz CT molecular complexity index is 983. The number of hydrogen-bond acceptors (Lipinski definition) is 5. The molecule has 144 valence electrons. The summed E-state index contributed by atoms with van der Waals surface area (Å²) in [4.78, 5) is 24.4. The summed E-state index contributed by atoms with van der Waals surface area (Å²) in [6, 6.07) is 13.1. The first-order valence-corrected chi connectivity index (χ1v) is 8.50. The molecule has 0 spiro atoms. The van der Waals surface area contributed by atoms with E-state index in [1.165, 1.54) is 12.1 Å². The van der Waals surface area contributed by atoms with E-state index in [0.717, 1.165) is 15.8 Å². The minimum atomic E-state index is -0.535. The van der Waals surface area contributed by atoms with Crippen molar-refractivity contribution in [3.05, 3.63) is 71.2 Å². The van der Waals surface area contributed by atoms with Crippen LogP contribution in [0, 0.1) is 12.7 Å². The summed E-state index contributed by atoms with van der Waals surface area (Å²) >= 11 is 0. The summed E-state index contributed by atoms with van der Waals surface area (Å²) in [5.41, 5.74) is 8.27. The quantitative estimate of drug-likeness (QED) is 0.602. The summed E-state index contributed by atoms with van der Waals surface area (Å²) < 4.78 is 14.1. The zero-order valence-electron chi connectivity index (χ0n) is 15.1. The highest BCUT2D eigenvalue weighted by atomic mass is 19.1. The SMILES string of the molecule is Cc1ccc(NC(=O)Cn2nnc(C(=O)NCc3ccc(F)cc3)c2N)cc1. The van der Waals surface area contributed by atoms with Crippen molar-refractivity contribution in [2.75, 3.05) is 11.1 Å². The number of nitrogen functional groups attached to an aromatic ring is 1. The minimum absolute atomic E-state index is 0.0179. The van der Waals surface area contributed by atoms with Crippen LogP contribution in [-0.4, -0.2) is 26.8 Å². The number of aromatic nitrogens is 3. The van der Waals surface area contributed by atoms with E-state index in [9.17, 15) is 14.0 Å². The van der Waals surface area contributed by atoms with E-state index in [-0.39, 0.29) is 36.3 Å². The summed E-state index contributed by atoms with van der Waals surface area (Å²) in [6.45, 7) is 1.95. The normalized spacial score (nSPS) is 10.5. The maximum absolute atomic E-state index is 12.9. The zero-order valence-corrected chi connectivity index (χ0v) is 15.1. The number of aryl methyl sites for hydroxylation is 1. The topological polar surface area (TPSA) is 115 Å². The van der Waals surface area contributed by atoms with Gasteiger partial charge in [-0.05, 0) is 36.8 Å². The van der Waals surface area contributed by atoms with Crippen molar-refractivity contribution in [2.45, 2.75) is 20.0 Å². The van der Waals surface area contributed by atoms with Crippen molar-refractivity contribution >= 4 is 23.3 Å². The second-order valence-corrected chi connectivity index (χ2v) is 6.20. The second-order valence-electron chi connectivity index (χ2n) is 6.20.